The number of nitrogens with zero attached hydrogens (tertiary/aromatic N) is 2. The van der Waals surface area contributed by atoms with Gasteiger partial charge in [-0.3, -0.25) is 10.2 Å². The average Bonchev–Trinajstić information content (AvgIpc) is 2.41. The molecular weight excluding hydrogens is 228 g/mol. The van der Waals surface area contributed by atoms with Gasteiger partial charge in [-0.2, -0.15) is 0 Å². The second-order valence-electron chi connectivity index (χ2n) is 5.57. The van der Waals surface area contributed by atoms with Crippen molar-refractivity contribution in [1.82, 2.24) is 20.7 Å². The van der Waals surface area contributed by atoms with Gasteiger partial charge in [0, 0.05) is 26.2 Å². The Morgan fingerprint density at radius 3 is 2.72 bits per heavy atom. The van der Waals surface area contributed by atoms with Gasteiger partial charge in [-0.25, -0.2) is 5.01 Å². The average molecular weight is 254 g/mol. The fourth-order valence-electron chi connectivity index (χ4n) is 2.72. The number of amides is 1. The van der Waals surface area contributed by atoms with E-state index in [1.807, 2.05) is 0 Å². The third-order valence-corrected chi connectivity index (χ3v) is 4.18. The summed E-state index contributed by atoms with van der Waals surface area (Å²) in [6.07, 6.45) is 3.37. The first-order valence-electron chi connectivity index (χ1n) is 7.16. The van der Waals surface area contributed by atoms with E-state index in [4.69, 9.17) is 0 Å². The normalized spacial score (nSPS) is 31.2. The number of nitrogens with one attached hydrogen (secondary N) is 2. The molecule has 18 heavy (non-hydrogen) atoms. The lowest BCUT2D eigenvalue weighted by Gasteiger charge is -2.35. The van der Waals surface area contributed by atoms with Crippen molar-refractivity contribution in [1.29, 1.82) is 0 Å². The van der Waals surface area contributed by atoms with Crippen molar-refractivity contribution in [2.24, 2.45) is 5.92 Å². The quantitative estimate of drug-likeness (QED) is 0.747. The lowest BCUT2D eigenvalue weighted by Crippen LogP contribution is -2.57. The fraction of sp³-hybridized carbons (Fsp3) is 0.923. The van der Waals surface area contributed by atoms with E-state index in [0.29, 0.717) is 5.92 Å². The molecule has 2 heterocycles. The van der Waals surface area contributed by atoms with Crippen molar-refractivity contribution in [3.8, 4) is 0 Å². The van der Waals surface area contributed by atoms with Crippen LogP contribution in [0.2, 0.25) is 0 Å². The Balaban J connectivity index is 1.77. The molecule has 0 aromatic rings. The summed E-state index contributed by atoms with van der Waals surface area (Å²) in [4.78, 5) is 14.5. The monoisotopic (exact) mass is 254 g/mol. The largest absolute Gasteiger partial charge is 0.306 e. The zero-order valence-corrected chi connectivity index (χ0v) is 11.6. The van der Waals surface area contributed by atoms with Crippen molar-refractivity contribution in [2.45, 2.75) is 32.2 Å². The summed E-state index contributed by atoms with van der Waals surface area (Å²) in [6, 6.07) is 0.00311. The predicted molar refractivity (Wildman–Crippen MR) is 72.0 cm³/mol. The van der Waals surface area contributed by atoms with Gasteiger partial charge < -0.3 is 10.2 Å². The molecule has 5 heteroatoms. The molecule has 0 radical (unpaired) electrons. The summed E-state index contributed by atoms with van der Waals surface area (Å²) >= 11 is 0. The van der Waals surface area contributed by atoms with Crippen LogP contribution < -0.4 is 10.7 Å². The van der Waals surface area contributed by atoms with Crippen LogP contribution in [-0.4, -0.2) is 61.6 Å². The van der Waals surface area contributed by atoms with Gasteiger partial charge in [-0.05, 0) is 32.4 Å². The third-order valence-electron chi connectivity index (χ3n) is 4.18. The van der Waals surface area contributed by atoms with Crippen molar-refractivity contribution in [2.75, 3.05) is 39.8 Å². The molecule has 2 aliphatic heterocycles. The van der Waals surface area contributed by atoms with Gasteiger partial charge >= 0.3 is 0 Å². The number of hydrogen-bond acceptors (Lipinski definition) is 4. The Hall–Kier alpha value is -0.650. The molecule has 0 aromatic carbocycles. The lowest BCUT2D eigenvalue weighted by molar-refractivity contribution is -0.129. The molecule has 5 nitrogen and oxygen atoms in total. The molecule has 0 aliphatic carbocycles. The van der Waals surface area contributed by atoms with Gasteiger partial charge in [0.1, 0.15) is 0 Å². The number of hydrogen-bond donors (Lipinski definition) is 2. The minimum absolute atomic E-state index is 0.00311. The van der Waals surface area contributed by atoms with E-state index in [9.17, 15) is 4.79 Å². The van der Waals surface area contributed by atoms with Crippen molar-refractivity contribution < 1.29 is 4.79 Å². The van der Waals surface area contributed by atoms with Crippen LogP contribution in [0.5, 0.6) is 0 Å². The van der Waals surface area contributed by atoms with Crippen LogP contribution in [0, 0.1) is 5.92 Å². The van der Waals surface area contributed by atoms with Crippen LogP contribution in [0.4, 0.5) is 0 Å². The minimum atomic E-state index is 0.00311. The maximum Gasteiger partial charge on any atom is 0.251 e. The summed E-state index contributed by atoms with van der Waals surface area (Å²) in [5.74, 6) is 0.854. The maximum atomic E-state index is 12.2. The Labute approximate surface area is 110 Å². The van der Waals surface area contributed by atoms with E-state index in [1.165, 1.54) is 12.8 Å². The molecule has 2 atom stereocenters. The Morgan fingerprint density at radius 1 is 1.33 bits per heavy atom. The molecule has 0 saturated carbocycles. The van der Waals surface area contributed by atoms with E-state index in [2.05, 4.69) is 34.6 Å². The third kappa shape index (κ3) is 3.67. The number of likely N-dealkylation sites (N-methyl/N-ethyl adjacent to an activating group) is 1. The standard InChI is InChI=1S/C13H26N4O/c1-3-11-4-5-14-12(10-11)13(18)15-17-8-6-16(2)7-9-17/h11-12,14H,3-10H2,1-2H3,(H,15,18). The topological polar surface area (TPSA) is 47.6 Å². The van der Waals surface area contributed by atoms with Crippen molar-refractivity contribution in [3.63, 3.8) is 0 Å². The van der Waals surface area contributed by atoms with Crippen LogP contribution in [0.1, 0.15) is 26.2 Å². The molecule has 2 N–H and O–H groups in total. The van der Waals surface area contributed by atoms with Gasteiger partial charge in [0.25, 0.3) is 5.91 Å². The summed E-state index contributed by atoms with van der Waals surface area (Å²) in [5, 5.41) is 5.39. The van der Waals surface area contributed by atoms with Crippen LogP contribution in [0.15, 0.2) is 0 Å². The van der Waals surface area contributed by atoms with E-state index in [1.54, 1.807) is 0 Å². The molecule has 0 aromatic heterocycles. The first-order chi connectivity index (χ1) is 8.69. The van der Waals surface area contributed by atoms with E-state index in [0.717, 1.165) is 39.1 Å². The highest BCUT2D eigenvalue weighted by Gasteiger charge is 2.27. The van der Waals surface area contributed by atoms with Gasteiger partial charge in [-0.1, -0.05) is 13.3 Å². The minimum Gasteiger partial charge on any atom is -0.306 e. The molecule has 0 spiro atoms. The molecule has 104 valence electrons. The Morgan fingerprint density at radius 2 is 2.06 bits per heavy atom. The summed E-state index contributed by atoms with van der Waals surface area (Å²) in [7, 11) is 2.12. The smallest absolute Gasteiger partial charge is 0.251 e. The highest BCUT2D eigenvalue weighted by molar-refractivity contribution is 5.81. The zero-order chi connectivity index (χ0) is 13.0. The number of carbonyl (C=O) groups is 1. The Kier molecular flexibility index (Phi) is 4.97. The highest BCUT2D eigenvalue weighted by atomic mass is 16.2. The summed E-state index contributed by atoms with van der Waals surface area (Å²) < 4.78 is 0. The van der Waals surface area contributed by atoms with E-state index >= 15 is 0 Å². The van der Waals surface area contributed by atoms with Crippen LogP contribution in [0.25, 0.3) is 0 Å². The predicted octanol–water partition coefficient (Wildman–Crippen LogP) is 0.0432. The number of piperazine rings is 1. The van der Waals surface area contributed by atoms with Crippen LogP contribution >= 0.6 is 0 Å². The van der Waals surface area contributed by atoms with Gasteiger partial charge in [-0.15, -0.1) is 0 Å². The van der Waals surface area contributed by atoms with Gasteiger partial charge in [0.15, 0.2) is 0 Å². The van der Waals surface area contributed by atoms with Gasteiger partial charge in [0.2, 0.25) is 0 Å². The number of rotatable bonds is 3. The van der Waals surface area contributed by atoms with E-state index < -0.39 is 0 Å². The zero-order valence-electron chi connectivity index (χ0n) is 11.6. The molecule has 2 unspecified atom stereocenters. The van der Waals surface area contributed by atoms with Crippen molar-refractivity contribution >= 4 is 5.91 Å². The second-order valence-corrected chi connectivity index (χ2v) is 5.57. The summed E-state index contributed by atoms with van der Waals surface area (Å²) in [5.41, 5.74) is 3.06. The van der Waals surface area contributed by atoms with Crippen LogP contribution in [0.3, 0.4) is 0 Å². The number of hydrazine groups is 1. The van der Waals surface area contributed by atoms with E-state index in [-0.39, 0.29) is 11.9 Å². The summed E-state index contributed by atoms with van der Waals surface area (Å²) in [6.45, 7) is 7.08. The number of carbonyl (C=O) groups excluding carboxylic acids is 1. The molecule has 2 aliphatic rings. The molecule has 2 fully saturated rings. The molecule has 2 rings (SSSR count). The molecular formula is C13H26N4O. The Bertz CT molecular complexity index is 276. The molecule has 2 saturated heterocycles. The second kappa shape index (κ2) is 6.50. The maximum absolute atomic E-state index is 12.2. The van der Waals surface area contributed by atoms with Crippen LogP contribution in [-0.2, 0) is 4.79 Å². The number of piperidine rings is 1. The first kappa shape index (κ1) is 13.8. The molecule has 1 amide bonds. The fourth-order valence-corrected chi connectivity index (χ4v) is 2.72. The highest BCUT2D eigenvalue weighted by Crippen LogP contribution is 2.19. The SMILES string of the molecule is CCC1CCNC(C(=O)NN2CCN(C)CC2)C1. The van der Waals surface area contributed by atoms with Crippen molar-refractivity contribution in [3.05, 3.63) is 0 Å². The molecule has 0 bridgehead atoms. The first-order valence-corrected chi connectivity index (χ1v) is 7.16. The van der Waals surface area contributed by atoms with Gasteiger partial charge in [0.05, 0.1) is 6.04 Å². The lowest BCUT2D eigenvalue weighted by atomic mass is 9.90.